The molecular weight excluding hydrogens is 343 g/mol. The molecule has 140 valence electrons. The highest BCUT2D eigenvalue weighted by Crippen LogP contribution is 2.32. The van der Waals surface area contributed by atoms with Gasteiger partial charge in [-0.2, -0.15) is 0 Å². The van der Waals surface area contributed by atoms with Crippen molar-refractivity contribution in [3.63, 3.8) is 0 Å². The van der Waals surface area contributed by atoms with E-state index in [1.54, 1.807) is 30.9 Å². The van der Waals surface area contributed by atoms with Crippen LogP contribution in [0.4, 0.5) is 16.2 Å². The van der Waals surface area contributed by atoms with Crippen LogP contribution in [0.15, 0.2) is 41.7 Å². The lowest BCUT2D eigenvalue weighted by Gasteiger charge is -2.20. The number of pyridine rings is 1. The standard InChI is InChI=1S/C20H23FN6/c1-20(2,3)26-19-23-11-16-17(25-19)15(13-6-8-14(21)9-7-13)10-22-18(16)24-12-27(4)5/h6-12H,1-5H3,(H,23,25,26). The maximum Gasteiger partial charge on any atom is 0.223 e. The van der Waals surface area contributed by atoms with Crippen molar-refractivity contribution in [2.45, 2.75) is 26.3 Å². The summed E-state index contributed by atoms with van der Waals surface area (Å²) in [4.78, 5) is 19.8. The lowest BCUT2D eigenvalue weighted by Crippen LogP contribution is -2.27. The van der Waals surface area contributed by atoms with Crippen LogP contribution in [0.1, 0.15) is 20.8 Å². The monoisotopic (exact) mass is 366 g/mol. The van der Waals surface area contributed by atoms with Crippen molar-refractivity contribution in [3.8, 4) is 11.1 Å². The Morgan fingerprint density at radius 2 is 1.78 bits per heavy atom. The topological polar surface area (TPSA) is 66.3 Å². The molecular formula is C20H23FN6. The molecule has 0 fully saturated rings. The van der Waals surface area contributed by atoms with Crippen molar-refractivity contribution in [1.82, 2.24) is 19.9 Å². The number of fused-ring (bicyclic) bond motifs is 1. The van der Waals surface area contributed by atoms with Crippen molar-refractivity contribution in [2.24, 2.45) is 4.99 Å². The third kappa shape index (κ3) is 4.55. The van der Waals surface area contributed by atoms with Gasteiger partial charge in [0.05, 0.1) is 17.2 Å². The van der Waals surface area contributed by atoms with Gasteiger partial charge in [0.25, 0.3) is 0 Å². The molecule has 0 radical (unpaired) electrons. The second kappa shape index (κ2) is 7.26. The predicted octanol–water partition coefficient (Wildman–Crippen LogP) is 4.26. The second-order valence-electron chi connectivity index (χ2n) is 7.54. The Morgan fingerprint density at radius 1 is 1.07 bits per heavy atom. The van der Waals surface area contributed by atoms with E-state index >= 15 is 0 Å². The second-order valence-corrected chi connectivity index (χ2v) is 7.54. The van der Waals surface area contributed by atoms with Crippen LogP contribution in [-0.4, -0.2) is 45.8 Å². The minimum absolute atomic E-state index is 0.178. The number of halogens is 1. The number of nitrogens with zero attached hydrogens (tertiary/aromatic N) is 5. The first kappa shape index (κ1) is 18.7. The molecule has 6 nitrogen and oxygen atoms in total. The van der Waals surface area contributed by atoms with E-state index in [9.17, 15) is 4.39 Å². The molecule has 0 bridgehead atoms. The molecule has 0 saturated carbocycles. The Labute approximate surface area is 158 Å². The van der Waals surface area contributed by atoms with Crippen LogP contribution in [0.2, 0.25) is 0 Å². The number of anilines is 1. The number of benzene rings is 1. The molecule has 0 aliphatic rings. The third-order valence-electron chi connectivity index (χ3n) is 3.65. The molecule has 3 rings (SSSR count). The Hall–Kier alpha value is -3.09. The van der Waals surface area contributed by atoms with E-state index in [1.807, 2.05) is 39.8 Å². The van der Waals surface area contributed by atoms with Gasteiger partial charge >= 0.3 is 0 Å². The zero-order valence-corrected chi connectivity index (χ0v) is 16.2. The average Bonchev–Trinajstić information content (AvgIpc) is 2.59. The van der Waals surface area contributed by atoms with E-state index < -0.39 is 0 Å². The molecule has 3 aromatic rings. The van der Waals surface area contributed by atoms with Gasteiger partial charge in [0.1, 0.15) is 5.82 Å². The Kier molecular flexibility index (Phi) is 5.03. The van der Waals surface area contributed by atoms with E-state index in [0.717, 1.165) is 16.5 Å². The zero-order valence-electron chi connectivity index (χ0n) is 16.2. The summed E-state index contributed by atoms with van der Waals surface area (Å²) in [6.07, 6.45) is 5.12. The predicted molar refractivity (Wildman–Crippen MR) is 108 cm³/mol. The van der Waals surface area contributed by atoms with E-state index in [2.05, 4.69) is 20.3 Å². The van der Waals surface area contributed by atoms with Crippen LogP contribution in [0.3, 0.4) is 0 Å². The smallest absolute Gasteiger partial charge is 0.223 e. The van der Waals surface area contributed by atoms with Gasteiger partial charge in [-0.25, -0.2) is 24.3 Å². The molecule has 7 heteroatoms. The lowest BCUT2D eigenvalue weighted by atomic mass is 10.0. The number of hydrogen-bond donors (Lipinski definition) is 1. The van der Waals surface area contributed by atoms with Gasteiger partial charge < -0.3 is 10.2 Å². The number of aliphatic imine (C=N–C) groups is 1. The van der Waals surface area contributed by atoms with Gasteiger partial charge in [0, 0.05) is 37.6 Å². The first-order valence-electron chi connectivity index (χ1n) is 8.63. The van der Waals surface area contributed by atoms with Gasteiger partial charge in [-0.3, -0.25) is 0 Å². The summed E-state index contributed by atoms with van der Waals surface area (Å²) in [5, 5.41) is 4.01. The number of rotatable bonds is 4. The molecule has 0 spiro atoms. The van der Waals surface area contributed by atoms with Gasteiger partial charge in [0.15, 0.2) is 5.82 Å². The maximum absolute atomic E-state index is 13.3. The van der Waals surface area contributed by atoms with Gasteiger partial charge in [-0.1, -0.05) is 12.1 Å². The first-order valence-corrected chi connectivity index (χ1v) is 8.63. The van der Waals surface area contributed by atoms with Crippen LogP contribution in [0.5, 0.6) is 0 Å². The molecule has 2 heterocycles. The molecule has 1 N–H and O–H groups in total. The van der Waals surface area contributed by atoms with Crippen LogP contribution in [0, 0.1) is 5.82 Å². The summed E-state index contributed by atoms with van der Waals surface area (Å²) in [6.45, 7) is 6.13. The molecule has 0 aliphatic carbocycles. The molecule has 2 aromatic heterocycles. The van der Waals surface area contributed by atoms with Crippen LogP contribution in [0.25, 0.3) is 22.0 Å². The summed E-state index contributed by atoms with van der Waals surface area (Å²) in [6, 6.07) is 6.28. The molecule has 0 saturated heterocycles. The number of hydrogen-bond acceptors (Lipinski definition) is 5. The highest BCUT2D eigenvalue weighted by atomic mass is 19.1. The number of nitrogens with one attached hydrogen (secondary N) is 1. The van der Waals surface area contributed by atoms with Gasteiger partial charge in [-0.05, 0) is 38.5 Å². The quantitative estimate of drug-likeness (QED) is 0.552. The van der Waals surface area contributed by atoms with Crippen molar-refractivity contribution in [3.05, 3.63) is 42.5 Å². The van der Waals surface area contributed by atoms with E-state index in [4.69, 9.17) is 4.98 Å². The first-order chi connectivity index (χ1) is 12.7. The van der Waals surface area contributed by atoms with Crippen molar-refractivity contribution >= 4 is 29.0 Å². The summed E-state index contributed by atoms with van der Waals surface area (Å²) in [5.74, 6) is 0.770. The summed E-state index contributed by atoms with van der Waals surface area (Å²) >= 11 is 0. The minimum atomic E-state index is -0.284. The van der Waals surface area contributed by atoms with Crippen LogP contribution >= 0.6 is 0 Å². The van der Waals surface area contributed by atoms with Crippen molar-refractivity contribution < 1.29 is 4.39 Å². The summed E-state index contributed by atoms with van der Waals surface area (Å²) in [5.41, 5.74) is 2.16. The van der Waals surface area contributed by atoms with Gasteiger partial charge in [0.2, 0.25) is 5.95 Å². The van der Waals surface area contributed by atoms with Crippen LogP contribution < -0.4 is 5.32 Å². The highest BCUT2D eigenvalue weighted by molar-refractivity contribution is 5.98. The Morgan fingerprint density at radius 3 is 2.41 bits per heavy atom. The molecule has 0 atom stereocenters. The van der Waals surface area contributed by atoms with E-state index in [-0.39, 0.29) is 11.4 Å². The van der Waals surface area contributed by atoms with E-state index in [1.165, 1.54) is 12.1 Å². The molecule has 0 unspecified atom stereocenters. The molecule has 1 aromatic carbocycles. The normalized spacial score (nSPS) is 11.9. The van der Waals surface area contributed by atoms with Crippen molar-refractivity contribution in [1.29, 1.82) is 0 Å². The van der Waals surface area contributed by atoms with E-state index in [0.29, 0.717) is 17.3 Å². The molecule has 0 aliphatic heterocycles. The Balaban J connectivity index is 2.20. The molecule has 27 heavy (non-hydrogen) atoms. The van der Waals surface area contributed by atoms with Crippen LogP contribution in [-0.2, 0) is 0 Å². The maximum atomic E-state index is 13.3. The summed E-state index contributed by atoms with van der Waals surface area (Å²) in [7, 11) is 3.78. The molecule has 0 amide bonds. The van der Waals surface area contributed by atoms with Crippen molar-refractivity contribution in [2.75, 3.05) is 19.4 Å². The minimum Gasteiger partial charge on any atom is -0.369 e. The third-order valence-corrected chi connectivity index (χ3v) is 3.65. The van der Waals surface area contributed by atoms with Gasteiger partial charge in [-0.15, -0.1) is 0 Å². The fourth-order valence-corrected chi connectivity index (χ4v) is 2.52. The zero-order chi connectivity index (χ0) is 19.6. The summed E-state index contributed by atoms with van der Waals surface area (Å²) < 4.78 is 13.3. The Bertz CT molecular complexity index is 974. The average molecular weight is 366 g/mol. The fraction of sp³-hybridized carbons (Fsp3) is 0.300. The highest BCUT2D eigenvalue weighted by Gasteiger charge is 2.15. The largest absolute Gasteiger partial charge is 0.369 e. The fourth-order valence-electron chi connectivity index (χ4n) is 2.52. The lowest BCUT2D eigenvalue weighted by molar-refractivity contribution is 0.626. The SMILES string of the molecule is CN(C)C=Nc1ncc(-c2ccc(F)cc2)c2nc(NC(C)(C)C)ncc12. The number of aromatic nitrogens is 3.